The van der Waals surface area contributed by atoms with Crippen LogP contribution in [-0.2, 0) is 19.0 Å². The van der Waals surface area contributed by atoms with E-state index >= 15 is 0 Å². The number of rotatable bonds is 3. The highest BCUT2D eigenvalue weighted by Gasteiger charge is 2.49. The summed E-state index contributed by atoms with van der Waals surface area (Å²) < 4.78 is 15.5. The third-order valence-electron chi connectivity index (χ3n) is 3.28. The molecule has 126 valence electrons. The average Bonchev–Trinajstić information content (AvgIpc) is 2.69. The topological polar surface area (TPSA) is 85.3 Å². The molecule has 1 aliphatic heterocycles. The fraction of sp³-hybridized carbons (Fsp3) is 0.733. The lowest BCUT2D eigenvalue weighted by molar-refractivity contribution is -0.137. The van der Waals surface area contributed by atoms with Crippen LogP contribution < -0.4 is 0 Å². The Morgan fingerprint density at radius 2 is 1.95 bits per heavy atom. The van der Waals surface area contributed by atoms with Crippen molar-refractivity contribution in [3.05, 3.63) is 12.2 Å². The van der Waals surface area contributed by atoms with Gasteiger partial charge in [-0.3, -0.25) is 4.90 Å². The Labute approximate surface area is 130 Å². The van der Waals surface area contributed by atoms with Crippen LogP contribution in [0, 0.1) is 0 Å². The van der Waals surface area contributed by atoms with Crippen LogP contribution in [0.2, 0.25) is 0 Å². The Kier molecular flexibility index (Phi) is 5.25. The van der Waals surface area contributed by atoms with E-state index in [1.54, 1.807) is 34.6 Å². The zero-order valence-electron chi connectivity index (χ0n) is 14.0. The Hall–Kier alpha value is -1.60. The normalized spacial score (nSPS) is 22.1. The highest BCUT2D eigenvalue weighted by Crippen LogP contribution is 2.32. The maximum absolute atomic E-state index is 12.4. The molecule has 1 saturated heterocycles. The highest BCUT2D eigenvalue weighted by atomic mass is 16.6. The van der Waals surface area contributed by atoms with Gasteiger partial charge >= 0.3 is 12.1 Å². The minimum Gasteiger partial charge on any atom is -0.466 e. The number of hydrogen-bond acceptors (Lipinski definition) is 6. The zero-order chi connectivity index (χ0) is 17.3. The monoisotopic (exact) mass is 315 g/mol. The summed E-state index contributed by atoms with van der Waals surface area (Å²) in [5.74, 6) is -0.735. The van der Waals surface area contributed by atoms with Gasteiger partial charge in [0.15, 0.2) is 0 Å². The average molecular weight is 315 g/mol. The molecule has 0 aliphatic carbocycles. The van der Waals surface area contributed by atoms with Crippen LogP contribution >= 0.6 is 0 Å². The molecule has 0 spiro atoms. The van der Waals surface area contributed by atoms with Gasteiger partial charge in [-0.25, -0.2) is 9.59 Å². The van der Waals surface area contributed by atoms with Gasteiger partial charge in [-0.2, -0.15) is 0 Å². The predicted molar refractivity (Wildman–Crippen MR) is 79.1 cm³/mol. The SMILES string of the molecule is C=C(C(=O)OC)[C@@H](O)[C@@H]1COC(C)(C)N1C(=O)OC(C)(C)C. The lowest BCUT2D eigenvalue weighted by Crippen LogP contribution is -2.54. The van der Waals surface area contributed by atoms with E-state index in [4.69, 9.17) is 9.47 Å². The van der Waals surface area contributed by atoms with E-state index in [1.807, 2.05) is 0 Å². The summed E-state index contributed by atoms with van der Waals surface area (Å²) in [4.78, 5) is 25.2. The van der Waals surface area contributed by atoms with Crippen LogP contribution in [0.3, 0.4) is 0 Å². The first kappa shape index (κ1) is 18.4. The Balaban J connectivity index is 3.01. The van der Waals surface area contributed by atoms with E-state index in [9.17, 15) is 14.7 Å². The maximum atomic E-state index is 12.4. The Morgan fingerprint density at radius 1 is 1.41 bits per heavy atom. The fourth-order valence-electron chi connectivity index (χ4n) is 2.22. The van der Waals surface area contributed by atoms with Gasteiger partial charge < -0.3 is 19.3 Å². The van der Waals surface area contributed by atoms with E-state index in [0.29, 0.717) is 0 Å². The first-order chi connectivity index (χ1) is 9.90. The predicted octanol–water partition coefficient (Wildman–Crippen LogP) is 1.45. The number of ether oxygens (including phenoxy) is 3. The van der Waals surface area contributed by atoms with Gasteiger partial charge in [0.2, 0.25) is 0 Å². The molecular formula is C15H25NO6. The number of nitrogens with zero attached hydrogens (tertiary/aromatic N) is 1. The molecule has 2 atom stereocenters. The van der Waals surface area contributed by atoms with Gasteiger partial charge in [0.1, 0.15) is 17.4 Å². The van der Waals surface area contributed by atoms with E-state index in [0.717, 1.165) is 0 Å². The van der Waals surface area contributed by atoms with E-state index < -0.39 is 35.5 Å². The number of aliphatic hydroxyl groups is 1. The number of aliphatic hydroxyl groups excluding tert-OH is 1. The van der Waals surface area contributed by atoms with Crippen molar-refractivity contribution in [2.24, 2.45) is 0 Å². The molecule has 1 rings (SSSR count). The lowest BCUT2D eigenvalue weighted by atomic mass is 10.0. The van der Waals surface area contributed by atoms with Crippen molar-refractivity contribution < 1.29 is 28.9 Å². The molecule has 7 nitrogen and oxygen atoms in total. The molecule has 22 heavy (non-hydrogen) atoms. The van der Waals surface area contributed by atoms with Gasteiger partial charge in [0.05, 0.1) is 25.3 Å². The summed E-state index contributed by atoms with van der Waals surface area (Å²) in [5.41, 5.74) is -1.79. The first-order valence-electron chi connectivity index (χ1n) is 7.02. The number of esters is 1. The van der Waals surface area contributed by atoms with Gasteiger partial charge in [-0.15, -0.1) is 0 Å². The molecule has 0 unspecified atom stereocenters. The molecule has 7 heteroatoms. The third kappa shape index (κ3) is 3.98. The Morgan fingerprint density at radius 3 is 2.41 bits per heavy atom. The van der Waals surface area contributed by atoms with Crippen molar-refractivity contribution >= 4 is 12.1 Å². The first-order valence-corrected chi connectivity index (χ1v) is 7.02. The second kappa shape index (κ2) is 6.26. The fourth-order valence-corrected chi connectivity index (χ4v) is 2.22. The molecule has 1 amide bonds. The number of carbonyl (C=O) groups is 2. The van der Waals surface area contributed by atoms with Crippen LogP contribution in [-0.4, -0.2) is 59.3 Å². The van der Waals surface area contributed by atoms with Crippen LogP contribution in [0.15, 0.2) is 12.2 Å². The van der Waals surface area contributed by atoms with Crippen molar-refractivity contribution in [1.29, 1.82) is 0 Å². The smallest absolute Gasteiger partial charge is 0.413 e. The molecular weight excluding hydrogens is 290 g/mol. The molecule has 0 aromatic carbocycles. The zero-order valence-corrected chi connectivity index (χ0v) is 14.0. The summed E-state index contributed by atoms with van der Waals surface area (Å²) in [6.07, 6.45) is -1.93. The molecule has 0 aromatic rings. The number of methoxy groups -OCH3 is 1. The van der Waals surface area contributed by atoms with Crippen molar-refractivity contribution in [3.63, 3.8) is 0 Å². The maximum Gasteiger partial charge on any atom is 0.413 e. The molecule has 0 radical (unpaired) electrons. The van der Waals surface area contributed by atoms with Crippen LogP contribution in [0.4, 0.5) is 4.79 Å². The summed E-state index contributed by atoms with van der Waals surface area (Å²) in [6.45, 7) is 12.2. The molecule has 1 heterocycles. The number of carbonyl (C=O) groups excluding carboxylic acids is 2. The van der Waals surface area contributed by atoms with E-state index in [2.05, 4.69) is 11.3 Å². The second-order valence-corrected chi connectivity index (χ2v) is 6.64. The standard InChI is InChI=1S/C15H25NO6/c1-9(12(18)20-7)11(17)10-8-21-15(5,6)16(10)13(19)22-14(2,3)4/h10-11,17H,1,8H2,2-7H3/t10-,11+/m0/s1. The van der Waals surface area contributed by atoms with Gasteiger partial charge in [0, 0.05) is 0 Å². The summed E-state index contributed by atoms with van der Waals surface area (Å²) in [7, 11) is 1.20. The molecule has 1 N–H and O–H groups in total. The summed E-state index contributed by atoms with van der Waals surface area (Å²) in [5, 5.41) is 10.3. The minimum atomic E-state index is -1.30. The van der Waals surface area contributed by atoms with Crippen molar-refractivity contribution in [1.82, 2.24) is 4.90 Å². The van der Waals surface area contributed by atoms with Gasteiger partial charge in [-0.1, -0.05) is 6.58 Å². The van der Waals surface area contributed by atoms with Crippen LogP contribution in [0.5, 0.6) is 0 Å². The van der Waals surface area contributed by atoms with Crippen LogP contribution in [0.25, 0.3) is 0 Å². The number of hydrogen-bond donors (Lipinski definition) is 1. The summed E-state index contributed by atoms with van der Waals surface area (Å²) >= 11 is 0. The molecule has 0 saturated carbocycles. The van der Waals surface area contributed by atoms with Crippen molar-refractivity contribution in [3.8, 4) is 0 Å². The molecule has 1 fully saturated rings. The molecule has 1 aliphatic rings. The van der Waals surface area contributed by atoms with E-state index in [1.165, 1.54) is 12.0 Å². The summed E-state index contributed by atoms with van der Waals surface area (Å²) in [6, 6.07) is -0.781. The van der Waals surface area contributed by atoms with Crippen molar-refractivity contribution in [2.75, 3.05) is 13.7 Å². The minimum absolute atomic E-state index is 0.0590. The van der Waals surface area contributed by atoms with Gasteiger partial charge in [0.25, 0.3) is 0 Å². The lowest BCUT2D eigenvalue weighted by Gasteiger charge is -2.36. The largest absolute Gasteiger partial charge is 0.466 e. The molecule has 0 bridgehead atoms. The van der Waals surface area contributed by atoms with Crippen LogP contribution in [0.1, 0.15) is 34.6 Å². The quantitative estimate of drug-likeness (QED) is 0.627. The number of amides is 1. The van der Waals surface area contributed by atoms with Crippen molar-refractivity contribution in [2.45, 2.75) is 58.1 Å². The van der Waals surface area contributed by atoms with E-state index in [-0.39, 0.29) is 12.2 Å². The third-order valence-corrected chi connectivity index (χ3v) is 3.28. The second-order valence-electron chi connectivity index (χ2n) is 6.64. The van der Waals surface area contributed by atoms with Gasteiger partial charge in [-0.05, 0) is 34.6 Å². The molecule has 0 aromatic heterocycles. The Bertz CT molecular complexity index is 465. The highest BCUT2D eigenvalue weighted by molar-refractivity contribution is 5.89.